The molecule has 0 saturated carbocycles. The second-order valence-corrected chi connectivity index (χ2v) is 5.57. The zero-order valence-electron chi connectivity index (χ0n) is 11.5. The van der Waals surface area contributed by atoms with E-state index in [0.29, 0.717) is 5.92 Å². The lowest BCUT2D eigenvalue weighted by Gasteiger charge is -2.16. The molecule has 1 heterocycles. The van der Waals surface area contributed by atoms with Crippen LogP contribution in [0.25, 0.3) is 0 Å². The number of aryl methyl sites for hydroxylation is 1. The molecule has 1 N–H and O–H groups in total. The van der Waals surface area contributed by atoms with Crippen LogP contribution in [-0.2, 0) is 6.42 Å². The molecule has 0 amide bonds. The monoisotopic (exact) mass is 247 g/mol. The van der Waals surface area contributed by atoms with Crippen LogP contribution in [0.5, 0.6) is 0 Å². The second-order valence-electron chi connectivity index (χ2n) is 5.57. The topological polar surface area (TPSA) is 32.9 Å². The first-order valence-electron chi connectivity index (χ1n) is 7.52. The first-order chi connectivity index (χ1) is 8.85. The first kappa shape index (κ1) is 13.4. The van der Waals surface area contributed by atoms with Gasteiger partial charge in [-0.25, -0.2) is 0 Å². The van der Waals surface area contributed by atoms with E-state index >= 15 is 0 Å². The molecule has 0 saturated heterocycles. The Morgan fingerprint density at radius 2 is 2.17 bits per heavy atom. The fourth-order valence-electron chi connectivity index (χ4n) is 3.12. The molecule has 0 aromatic carbocycles. The number of aldehydes is 1. The van der Waals surface area contributed by atoms with Gasteiger partial charge in [-0.1, -0.05) is 39.0 Å². The normalized spacial score (nSPS) is 20.6. The van der Waals surface area contributed by atoms with Crippen molar-refractivity contribution in [3.8, 4) is 0 Å². The molecule has 1 aliphatic rings. The highest BCUT2D eigenvalue weighted by atomic mass is 16.1. The quantitative estimate of drug-likeness (QED) is 0.774. The van der Waals surface area contributed by atoms with Crippen molar-refractivity contribution >= 4 is 6.29 Å². The number of aromatic nitrogens is 1. The number of hydrogen-bond acceptors (Lipinski definition) is 1. The predicted molar refractivity (Wildman–Crippen MR) is 75.2 cm³/mol. The minimum atomic E-state index is 0.669. The van der Waals surface area contributed by atoms with Gasteiger partial charge >= 0.3 is 0 Å². The van der Waals surface area contributed by atoms with E-state index in [-0.39, 0.29) is 0 Å². The molecular formula is C16H25NO. The van der Waals surface area contributed by atoms with Gasteiger partial charge in [0.25, 0.3) is 0 Å². The molecule has 2 rings (SSSR count). The van der Waals surface area contributed by atoms with Crippen LogP contribution in [0.15, 0.2) is 6.07 Å². The van der Waals surface area contributed by atoms with Crippen LogP contribution < -0.4 is 0 Å². The third kappa shape index (κ3) is 3.24. The summed E-state index contributed by atoms with van der Waals surface area (Å²) in [6.07, 6.45) is 12.5. The fraction of sp³-hybridized carbons (Fsp3) is 0.688. The van der Waals surface area contributed by atoms with Crippen LogP contribution in [0.1, 0.15) is 86.0 Å². The first-order valence-corrected chi connectivity index (χ1v) is 7.52. The Hall–Kier alpha value is -1.05. The average Bonchev–Trinajstić information content (AvgIpc) is 2.81. The van der Waals surface area contributed by atoms with Gasteiger partial charge in [0.1, 0.15) is 0 Å². The Morgan fingerprint density at radius 1 is 1.33 bits per heavy atom. The molecule has 1 atom stereocenters. The number of hydrogen-bond donors (Lipinski definition) is 1. The van der Waals surface area contributed by atoms with Crippen LogP contribution in [0.4, 0.5) is 0 Å². The number of H-pyrrole nitrogens is 1. The van der Waals surface area contributed by atoms with Crippen molar-refractivity contribution in [3.05, 3.63) is 23.0 Å². The molecule has 1 aromatic rings. The maximum Gasteiger partial charge on any atom is 0.166 e. The van der Waals surface area contributed by atoms with E-state index in [4.69, 9.17) is 0 Å². The summed E-state index contributed by atoms with van der Waals surface area (Å²) in [4.78, 5) is 14.3. The Balaban J connectivity index is 2.21. The van der Waals surface area contributed by atoms with Crippen molar-refractivity contribution in [2.75, 3.05) is 0 Å². The Bertz CT molecular complexity index is 380. The summed E-state index contributed by atoms with van der Waals surface area (Å²) < 4.78 is 0. The second kappa shape index (κ2) is 6.77. The number of carbonyl (C=O) groups excluding carboxylic acids is 1. The molecule has 1 unspecified atom stereocenters. The zero-order chi connectivity index (χ0) is 12.8. The lowest BCUT2D eigenvalue weighted by atomic mass is 9.89. The van der Waals surface area contributed by atoms with E-state index in [1.165, 1.54) is 62.6 Å². The SMILES string of the molecule is CCCCC1CCCCCCc2[nH]c(C=O)cc21. The molecule has 2 heteroatoms. The Kier molecular flexibility index (Phi) is 5.03. The molecule has 2 nitrogen and oxygen atoms in total. The van der Waals surface area contributed by atoms with Gasteiger partial charge in [-0.3, -0.25) is 4.79 Å². The summed E-state index contributed by atoms with van der Waals surface area (Å²) in [5.74, 6) is 0.669. The number of nitrogens with one attached hydrogen (secondary N) is 1. The fourth-order valence-corrected chi connectivity index (χ4v) is 3.12. The highest BCUT2D eigenvalue weighted by Crippen LogP contribution is 2.33. The largest absolute Gasteiger partial charge is 0.356 e. The van der Waals surface area contributed by atoms with Crippen molar-refractivity contribution in [1.29, 1.82) is 0 Å². The van der Waals surface area contributed by atoms with E-state index in [9.17, 15) is 4.79 Å². The molecule has 0 fully saturated rings. The van der Waals surface area contributed by atoms with Crippen molar-refractivity contribution in [2.24, 2.45) is 0 Å². The minimum Gasteiger partial charge on any atom is -0.356 e. The molecule has 0 aliphatic heterocycles. The summed E-state index contributed by atoms with van der Waals surface area (Å²) >= 11 is 0. The van der Waals surface area contributed by atoms with Gasteiger partial charge in [0.05, 0.1) is 5.69 Å². The Morgan fingerprint density at radius 3 is 2.94 bits per heavy atom. The number of carbonyl (C=O) groups is 1. The highest BCUT2D eigenvalue weighted by Gasteiger charge is 2.18. The third-order valence-electron chi connectivity index (χ3n) is 4.16. The smallest absolute Gasteiger partial charge is 0.166 e. The maximum atomic E-state index is 11.0. The molecule has 100 valence electrons. The van der Waals surface area contributed by atoms with Gasteiger partial charge in [0.2, 0.25) is 0 Å². The van der Waals surface area contributed by atoms with E-state index in [0.717, 1.165) is 18.4 Å². The van der Waals surface area contributed by atoms with E-state index in [2.05, 4.69) is 18.0 Å². The minimum absolute atomic E-state index is 0.669. The molecule has 18 heavy (non-hydrogen) atoms. The van der Waals surface area contributed by atoms with E-state index < -0.39 is 0 Å². The number of unbranched alkanes of at least 4 members (excludes halogenated alkanes) is 1. The van der Waals surface area contributed by atoms with Gasteiger partial charge in [-0.15, -0.1) is 0 Å². The third-order valence-corrected chi connectivity index (χ3v) is 4.16. The van der Waals surface area contributed by atoms with Crippen LogP contribution in [0, 0.1) is 0 Å². The summed E-state index contributed by atoms with van der Waals surface area (Å²) in [5.41, 5.74) is 3.54. The van der Waals surface area contributed by atoms with E-state index in [1.807, 2.05) is 0 Å². The van der Waals surface area contributed by atoms with Crippen LogP contribution in [-0.4, -0.2) is 11.3 Å². The van der Waals surface area contributed by atoms with Crippen molar-refractivity contribution < 1.29 is 4.79 Å². The molecule has 0 bridgehead atoms. The summed E-state index contributed by atoms with van der Waals surface area (Å²) in [7, 11) is 0. The van der Waals surface area contributed by atoms with Crippen molar-refractivity contribution in [1.82, 2.24) is 4.98 Å². The highest BCUT2D eigenvalue weighted by molar-refractivity contribution is 5.73. The number of rotatable bonds is 4. The van der Waals surface area contributed by atoms with Gasteiger partial charge in [0, 0.05) is 5.69 Å². The Labute approximate surface area is 110 Å². The number of fused-ring (bicyclic) bond motifs is 1. The maximum absolute atomic E-state index is 11.0. The van der Waals surface area contributed by atoms with Gasteiger partial charge < -0.3 is 4.98 Å². The van der Waals surface area contributed by atoms with Crippen LogP contribution >= 0.6 is 0 Å². The van der Waals surface area contributed by atoms with Crippen molar-refractivity contribution in [2.45, 2.75) is 70.6 Å². The lowest BCUT2D eigenvalue weighted by molar-refractivity contribution is 0.111. The average molecular weight is 247 g/mol. The van der Waals surface area contributed by atoms with Gasteiger partial charge in [-0.2, -0.15) is 0 Å². The predicted octanol–water partition coefficient (Wildman–Crippen LogP) is 4.61. The molecular weight excluding hydrogens is 222 g/mol. The van der Waals surface area contributed by atoms with Crippen LogP contribution in [0.2, 0.25) is 0 Å². The standard InChI is InChI=1S/C16H25NO/c1-2-3-8-13-9-6-4-5-7-10-16-15(13)11-14(12-18)17-16/h11-13,17H,2-10H2,1H3. The summed E-state index contributed by atoms with van der Waals surface area (Å²) in [5, 5.41) is 0. The molecule has 0 spiro atoms. The van der Waals surface area contributed by atoms with Gasteiger partial charge in [0.15, 0.2) is 6.29 Å². The molecule has 0 radical (unpaired) electrons. The lowest BCUT2D eigenvalue weighted by Crippen LogP contribution is -2.01. The van der Waals surface area contributed by atoms with Crippen LogP contribution in [0.3, 0.4) is 0 Å². The summed E-state index contributed by atoms with van der Waals surface area (Å²) in [6, 6.07) is 2.11. The molecule has 1 aromatic heterocycles. The summed E-state index contributed by atoms with van der Waals surface area (Å²) in [6.45, 7) is 2.25. The zero-order valence-corrected chi connectivity index (χ0v) is 11.5. The van der Waals surface area contributed by atoms with Gasteiger partial charge in [-0.05, 0) is 43.2 Å². The molecule has 1 aliphatic carbocycles. The van der Waals surface area contributed by atoms with Crippen molar-refractivity contribution in [3.63, 3.8) is 0 Å². The number of aromatic amines is 1. The van der Waals surface area contributed by atoms with E-state index in [1.54, 1.807) is 0 Å².